The molecule has 1 heterocycles. The van der Waals surface area contributed by atoms with Gasteiger partial charge in [0.15, 0.2) is 29.1 Å². The Labute approximate surface area is 149 Å². The first-order chi connectivity index (χ1) is 12.7. The molecule has 0 radical (unpaired) electrons. The number of fused-ring (bicyclic) bond motifs is 1. The number of ether oxygens (including phenoxy) is 1. The second-order valence-corrected chi connectivity index (χ2v) is 5.61. The zero-order chi connectivity index (χ0) is 20.0. The summed E-state index contributed by atoms with van der Waals surface area (Å²) in [4.78, 5) is 37.2. The van der Waals surface area contributed by atoms with E-state index in [0.29, 0.717) is 17.0 Å². The van der Waals surface area contributed by atoms with Crippen molar-refractivity contribution in [2.75, 3.05) is 17.7 Å². The Kier molecular flexibility index (Phi) is 4.26. The second-order valence-electron chi connectivity index (χ2n) is 5.61. The third-order valence-electron chi connectivity index (χ3n) is 4.09. The number of Topliss-reactive ketones (excluding diaryl/α,β-unsaturated/α-hetero) is 1. The van der Waals surface area contributed by atoms with E-state index >= 15 is 0 Å². The van der Waals surface area contributed by atoms with Crippen molar-refractivity contribution in [1.82, 2.24) is 0 Å². The quantitative estimate of drug-likeness (QED) is 0.624. The molecular formula is C17H11F3N2O5. The van der Waals surface area contributed by atoms with E-state index in [1.54, 1.807) is 0 Å². The van der Waals surface area contributed by atoms with Gasteiger partial charge in [0.05, 0.1) is 18.5 Å². The number of aliphatic carboxylic acids is 1. The fourth-order valence-electron chi connectivity index (χ4n) is 2.86. The molecule has 3 N–H and O–H groups in total. The van der Waals surface area contributed by atoms with Gasteiger partial charge >= 0.3 is 5.97 Å². The van der Waals surface area contributed by atoms with E-state index in [4.69, 9.17) is 10.5 Å². The number of carboxylic acid groups (broad SMARTS) is 1. The molecule has 0 aromatic heterocycles. The van der Waals surface area contributed by atoms with Crippen molar-refractivity contribution >= 4 is 34.7 Å². The minimum absolute atomic E-state index is 0.229. The fraction of sp³-hybridized carbons (Fsp3) is 0.118. The first-order valence-electron chi connectivity index (χ1n) is 7.41. The van der Waals surface area contributed by atoms with Gasteiger partial charge in [-0.25, -0.2) is 13.2 Å². The number of hydrogen-bond donors (Lipinski definition) is 2. The summed E-state index contributed by atoms with van der Waals surface area (Å²) >= 11 is 0. The number of rotatable bonds is 3. The molecule has 0 saturated carbocycles. The summed E-state index contributed by atoms with van der Waals surface area (Å²) in [6, 6.07) is 2.99. The number of benzene rings is 2. The molecule has 0 spiro atoms. The lowest BCUT2D eigenvalue weighted by Gasteiger charge is -2.32. The predicted molar refractivity (Wildman–Crippen MR) is 86.3 cm³/mol. The molecule has 140 valence electrons. The highest BCUT2D eigenvalue weighted by atomic mass is 19.2. The molecule has 27 heavy (non-hydrogen) atoms. The first kappa shape index (κ1) is 18.2. The highest BCUT2D eigenvalue weighted by Gasteiger charge is 2.46. The van der Waals surface area contributed by atoms with Crippen LogP contribution in [0.15, 0.2) is 24.3 Å². The Hall–Kier alpha value is -3.56. The summed E-state index contributed by atoms with van der Waals surface area (Å²) in [6.07, 6.45) is 0. The number of methoxy groups -OCH3 is 1. The minimum atomic E-state index is -2.20. The molecule has 10 heteroatoms. The summed E-state index contributed by atoms with van der Waals surface area (Å²) < 4.78 is 46.1. The first-order valence-corrected chi connectivity index (χ1v) is 7.41. The molecule has 0 saturated heterocycles. The number of nitrogens with zero attached hydrogens (tertiary/aromatic N) is 1. The number of hydrogen-bond acceptors (Lipinski definition) is 5. The van der Waals surface area contributed by atoms with Gasteiger partial charge in [-0.3, -0.25) is 19.3 Å². The molecule has 0 aliphatic carbocycles. The summed E-state index contributed by atoms with van der Waals surface area (Å²) in [5.41, 5.74) is 3.93. The van der Waals surface area contributed by atoms with Crippen LogP contribution < -0.4 is 15.4 Å². The third-order valence-corrected chi connectivity index (χ3v) is 4.09. The van der Waals surface area contributed by atoms with E-state index in [2.05, 4.69) is 0 Å². The number of nitrogens with two attached hydrogens (primary N) is 1. The molecule has 3 rings (SSSR count). The summed E-state index contributed by atoms with van der Waals surface area (Å²) in [5.74, 6) is -10.4. The van der Waals surface area contributed by atoms with Crippen LogP contribution in [0.25, 0.3) is 0 Å². The monoisotopic (exact) mass is 380 g/mol. The summed E-state index contributed by atoms with van der Waals surface area (Å²) in [7, 11) is 1.12. The molecule has 0 bridgehead atoms. The highest BCUT2D eigenvalue weighted by Crippen LogP contribution is 2.44. The second kappa shape index (κ2) is 6.31. The zero-order valence-electron chi connectivity index (χ0n) is 13.6. The van der Waals surface area contributed by atoms with Crippen LogP contribution in [0.2, 0.25) is 0 Å². The Morgan fingerprint density at radius 2 is 1.74 bits per heavy atom. The average molecular weight is 380 g/mol. The predicted octanol–water partition coefficient (Wildman–Crippen LogP) is 2.26. The van der Waals surface area contributed by atoms with E-state index in [0.717, 1.165) is 19.2 Å². The lowest BCUT2D eigenvalue weighted by atomic mass is 9.89. The molecule has 0 fully saturated rings. The van der Waals surface area contributed by atoms with Crippen LogP contribution >= 0.6 is 0 Å². The summed E-state index contributed by atoms with van der Waals surface area (Å²) in [6.45, 7) is 0. The van der Waals surface area contributed by atoms with Crippen molar-refractivity contribution in [3.8, 4) is 5.75 Å². The van der Waals surface area contributed by atoms with E-state index in [1.807, 2.05) is 0 Å². The maximum Gasteiger partial charge on any atom is 0.324 e. The number of halogens is 3. The van der Waals surface area contributed by atoms with Gasteiger partial charge < -0.3 is 15.6 Å². The van der Waals surface area contributed by atoms with Crippen LogP contribution in [0.3, 0.4) is 0 Å². The maximum atomic E-state index is 13.8. The van der Waals surface area contributed by atoms with Gasteiger partial charge in [0.1, 0.15) is 11.5 Å². The van der Waals surface area contributed by atoms with E-state index in [1.165, 1.54) is 0 Å². The molecule has 1 amide bonds. The fourth-order valence-corrected chi connectivity index (χ4v) is 2.86. The lowest BCUT2D eigenvalue weighted by molar-refractivity contribution is -0.143. The maximum absolute atomic E-state index is 13.8. The normalized spacial score (nSPS) is 16.3. The van der Waals surface area contributed by atoms with Crippen molar-refractivity contribution in [2.24, 2.45) is 5.92 Å². The van der Waals surface area contributed by atoms with E-state index in [9.17, 15) is 32.7 Å². The van der Waals surface area contributed by atoms with Crippen molar-refractivity contribution in [3.05, 3.63) is 47.3 Å². The van der Waals surface area contributed by atoms with Gasteiger partial charge in [0, 0.05) is 11.6 Å². The van der Waals surface area contributed by atoms with Crippen LogP contribution in [0.5, 0.6) is 5.75 Å². The van der Waals surface area contributed by atoms with Crippen molar-refractivity contribution in [3.63, 3.8) is 0 Å². The number of amides is 1. The molecular weight excluding hydrogens is 369 g/mol. The number of nitrogen functional groups attached to an aromatic ring is 1. The van der Waals surface area contributed by atoms with Gasteiger partial charge in [-0.2, -0.15) is 0 Å². The topological polar surface area (TPSA) is 110 Å². The van der Waals surface area contributed by atoms with Crippen LogP contribution in [-0.4, -0.2) is 29.9 Å². The largest absolute Gasteiger partial charge is 0.492 e. The minimum Gasteiger partial charge on any atom is -0.492 e. The molecule has 1 atom stereocenters. The van der Waals surface area contributed by atoms with Gasteiger partial charge in [0.2, 0.25) is 0 Å². The zero-order valence-corrected chi connectivity index (χ0v) is 13.6. The van der Waals surface area contributed by atoms with Crippen LogP contribution in [0.4, 0.5) is 30.2 Å². The van der Waals surface area contributed by atoms with Crippen molar-refractivity contribution < 1.29 is 37.4 Å². The van der Waals surface area contributed by atoms with Crippen molar-refractivity contribution in [2.45, 2.75) is 0 Å². The van der Waals surface area contributed by atoms with Gasteiger partial charge in [-0.05, 0) is 18.2 Å². The molecule has 1 aliphatic heterocycles. The molecule has 1 unspecified atom stereocenters. The SMILES string of the molecule is COc1c(N2C(=O)C(C(=O)O)C(=O)c3cc(F)c(F)cc32)ccc(F)c1N. The Morgan fingerprint density at radius 3 is 2.33 bits per heavy atom. The number of ketones is 1. The number of anilines is 3. The molecule has 1 aliphatic rings. The Morgan fingerprint density at radius 1 is 1.11 bits per heavy atom. The van der Waals surface area contributed by atoms with E-state index < -0.39 is 58.0 Å². The lowest BCUT2D eigenvalue weighted by Crippen LogP contribution is -2.46. The van der Waals surface area contributed by atoms with Gasteiger partial charge in [-0.1, -0.05) is 0 Å². The van der Waals surface area contributed by atoms with Crippen LogP contribution in [0.1, 0.15) is 10.4 Å². The number of carbonyl (C=O) groups is 3. The Bertz CT molecular complexity index is 1010. The average Bonchev–Trinajstić information content (AvgIpc) is 2.60. The Balaban J connectivity index is 2.36. The van der Waals surface area contributed by atoms with E-state index in [-0.39, 0.29) is 11.4 Å². The number of carbonyl (C=O) groups excluding carboxylic acids is 2. The van der Waals surface area contributed by atoms with Gasteiger partial charge in [0.25, 0.3) is 5.91 Å². The number of carboxylic acids is 1. The summed E-state index contributed by atoms with van der Waals surface area (Å²) in [5, 5.41) is 9.27. The highest BCUT2D eigenvalue weighted by molar-refractivity contribution is 6.32. The van der Waals surface area contributed by atoms with Crippen LogP contribution in [0, 0.1) is 23.4 Å². The molecule has 2 aromatic carbocycles. The smallest absolute Gasteiger partial charge is 0.324 e. The standard InChI is InChI=1S/C17H11F3N2O5/c1-27-15-10(3-2-7(18)13(15)21)22-11-5-9(20)8(19)4-6(11)14(23)12(16(22)24)17(25)26/h2-5,12H,21H2,1H3,(H,25,26). The molecule has 7 nitrogen and oxygen atoms in total. The van der Waals surface area contributed by atoms with Crippen LogP contribution in [-0.2, 0) is 9.59 Å². The third kappa shape index (κ3) is 2.65. The van der Waals surface area contributed by atoms with Gasteiger partial charge in [-0.15, -0.1) is 0 Å². The molecule has 2 aromatic rings. The van der Waals surface area contributed by atoms with Crippen molar-refractivity contribution in [1.29, 1.82) is 0 Å².